The van der Waals surface area contributed by atoms with Gasteiger partial charge in [-0.3, -0.25) is 0 Å². The Balaban J connectivity index is 2.04. The first kappa shape index (κ1) is 14.8. The summed E-state index contributed by atoms with van der Waals surface area (Å²) in [5, 5.41) is 1.97. The molecule has 0 fully saturated rings. The van der Waals surface area contributed by atoms with Crippen LogP contribution >= 0.6 is 22.9 Å². The van der Waals surface area contributed by atoms with Crippen molar-refractivity contribution in [3.05, 3.63) is 28.2 Å². The van der Waals surface area contributed by atoms with Gasteiger partial charge in [0.05, 0.1) is 15.2 Å². The summed E-state index contributed by atoms with van der Waals surface area (Å²) < 4.78 is 1.22. The molecule has 0 spiro atoms. The molecular formula is C15H21ClN2S. The van der Waals surface area contributed by atoms with Gasteiger partial charge in [0.15, 0.2) is 0 Å². The van der Waals surface area contributed by atoms with E-state index in [1.54, 1.807) is 11.3 Å². The van der Waals surface area contributed by atoms with Crippen LogP contribution in [0.1, 0.15) is 31.7 Å². The van der Waals surface area contributed by atoms with E-state index in [4.69, 9.17) is 17.3 Å². The summed E-state index contributed by atoms with van der Waals surface area (Å²) in [4.78, 5) is 4.67. The minimum Gasteiger partial charge on any atom is -0.330 e. The second-order valence-corrected chi connectivity index (χ2v) is 6.89. The zero-order chi connectivity index (χ0) is 13.8. The molecule has 1 unspecified atom stereocenters. The largest absolute Gasteiger partial charge is 0.330 e. The second kappa shape index (κ2) is 6.69. The monoisotopic (exact) mass is 296 g/mol. The van der Waals surface area contributed by atoms with Crippen molar-refractivity contribution in [3.63, 3.8) is 0 Å². The number of rotatable bonds is 6. The van der Waals surface area contributed by atoms with Crippen LogP contribution < -0.4 is 5.73 Å². The quantitative estimate of drug-likeness (QED) is 0.852. The van der Waals surface area contributed by atoms with Gasteiger partial charge in [0, 0.05) is 5.02 Å². The van der Waals surface area contributed by atoms with Crippen LogP contribution in [0.3, 0.4) is 0 Å². The molecule has 0 saturated carbocycles. The van der Waals surface area contributed by atoms with Crippen LogP contribution in [0, 0.1) is 11.8 Å². The van der Waals surface area contributed by atoms with E-state index in [1.165, 1.54) is 16.1 Å². The third kappa shape index (κ3) is 3.91. The summed E-state index contributed by atoms with van der Waals surface area (Å²) >= 11 is 7.77. The molecule has 1 aromatic heterocycles. The van der Waals surface area contributed by atoms with Gasteiger partial charge in [-0.25, -0.2) is 4.98 Å². The molecule has 19 heavy (non-hydrogen) atoms. The first-order valence-corrected chi connectivity index (χ1v) is 8.04. The molecule has 2 aromatic rings. The molecule has 0 aliphatic carbocycles. The van der Waals surface area contributed by atoms with Crippen molar-refractivity contribution >= 4 is 33.2 Å². The molecule has 104 valence electrons. The lowest BCUT2D eigenvalue weighted by atomic mass is 9.88. The lowest BCUT2D eigenvalue weighted by molar-refractivity contribution is 0.341. The molecule has 0 bridgehead atoms. The first-order valence-electron chi connectivity index (χ1n) is 6.85. The minimum absolute atomic E-state index is 0.687. The SMILES string of the molecule is CC(C)C(CCN)CCc1nc2cc(Cl)ccc2s1. The van der Waals surface area contributed by atoms with Gasteiger partial charge in [-0.2, -0.15) is 0 Å². The van der Waals surface area contributed by atoms with Crippen molar-refractivity contribution in [2.24, 2.45) is 17.6 Å². The maximum atomic E-state index is 5.99. The molecule has 1 aromatic carbocycles. The Labute approximate surface area is 124 Å². The Morgan fingerprint density at radius 1 is 1.32 bits per heavy atom. The molecule has 0 aliphatic heterocycles. The van der Waals surface area contributed by atoms with Crippen LogP contribution in [-0.4, -0.2) is 11.5 Å². The van der Waals surface area contributed by atoms with E-state index in [0.29, 0.717) is 11.8 Å². The highest BCUT2D eigenvalue weighted by molar-refractivity contribution is 7.18. The van der Waals surface area contributed by atoms with E-state index in [1.807, 2.05) is 12.1 Å². The third-order valence-electron chi connectivity index (χ3n) is 3.60. The van der Waals surface area contributed by atoms with E-state index >= 15 is 0 Å². The highest BCUT2D eigenvalue weighted by Gasteiger charge is 2.14. The summed E-state index contributed by atoms with van der Waals surface area (Å²) in [5.74, 6) is 1.38. The van der Waals surface area contributed by atoms with Gasteiger partial charge in [0.1, 0.15) is 0 Å². The van der Waals surface area contributed by atoms with Crippen molar-refractivity contribution in [1.29, 1.82) is 0 Å². The molecule has 0 aliphatic rings. The van der Waals surface area contributed by atoms with Crippen LogP contribution in [0.5, 0.6) is 0 Å². The van der Waals surface area contributed by atoms with Crippen molar-refractivity contribution in [1.82, 2.24) is 4.98 Å². The van der Waals surface area contributed by atoms with E-state index < -0.39 is 0 Å². The van der Waals surface area contributed by atoms with Gasteiger partial charge in [0.25, 0.3) is 0 Å². The number of aryl methyl sites for hydroxylation is 1. The van der Waals surface area contributed by atoms with Crippen LogP contribution in [0.25, 0.3) is 10.2 Å². The summed E-state index contributed by atoms with van der Waals surface area (Å²) in [6.45, 7) is 5.33. The standard InChI is InChI=1S/C15H21ClN2S/c1-10(2)11(7-8-17)3-6-15-18-13-9-12(16)4-5-14(13)19-15/h4-5,9-11H,3,6-8,17H2,1-2H3. The topological polar surface area (TPSA) is 38.9 Å². The molecule has 0 radical (unpaired) electrons. The molecule has 2 rings (SSSR count). The number of thiazole rings is 1. The summed E-state index contributed by atoms with van der Waals surface area (Å²) in [7, 11) is 0. The molecule has 4 heteroatoms. The predicted octanol–water partition coefficient (Wildman–Crippen LogP) is 4.50. The van der Waals surface area contributed by atoms with Crippen LogP contribution in [0.2, 0.25) is 5.02 Å². The molecule has 2 N–H and O–H groups in total. The fourth-order valence-corrected chi connectivity index (χ4v) is 3.52. The number of nitrogens with two attached hydrogens (primary N) is 1. The number of nitrogens with zero attached hydrogens (tertiary/aromatic N) is 1. The molecule has 0 amide bonds. The van der Waals surface area contributed by atoms with Crippen molar-refractivity contribution in [3.8, 4) is 0 Å². The van der Waals surface area contributed by atoms with E-state index in [2.05, 4.69) is 24.9 Å². The van der Waals surface area contributed by atoms with E-state index in [9.17, 15) is 0 Å². The van der Waals surface area contributed by atoms with Gasteiger partial charge in [0.2, 0.25) is 0 Å². The lowest BCUT2D eigenvalue weighted by Gasteiger charge is -2.19. The maximum absolute atomic E-state index is 5.99. The van der Waals surface area contributed by atoms with E-state index in [0.717, 1.165) is 29.9 Å². The van der Waals surface area contributed by atoms with Crippen molar-refractivity contribution in [2.75, 3.05) is 6.54 Å². The van der Waals surface area contributed by atoms with Crippen molar-refractivity contribution in [2.45, 2.75) is 33.1 Å². The average Bonchev–Trinajstić information content (AvgIpc) is 2.75. The van der Waals surface area contributed by atoms with Crippen molar-refractivity contribution < 1.29 is 0 Å². The van der Waals surface area contributed by atoms with Gasteiger partial charge >= 0.3 is 0 Å². The van der Waals surface area contributed by atoms with Crippen LogP contribution in [0.15, 0.2) is 18.2 Å². The van der Waals surface area contributed by atoms with Gasteiger partial charge in [-0.1, -0.05) is 25.4 Å². The predicted molar refractivity (Wildman–Crippen MR) is 85.0 cm³/mol. The fourth-order valence-electron chi connectivity index (χ4n) is 2.39. The third-order valence-corrected chi connectivity index (χ3v) is 4.93. The average molecular weight is 297 g/mol. The first-order chi connectivity index (χ1) is 9.10. The minimum atomic E-state index is 0.687. The Morgan fingerprint density at radius 3 is 2.79 bits per heavy atom. The molecule has 1 atom stereocenters. The van der Waals surface area contributed by atoms with E-state index in [-0.39, 0.29) is 0 Å². The summed E-state index contributed by atoms with van der Waals surface area (Å²) in [6, 6.07) is 5.92. The normalized spacial score (nSPS) is 13.3. The fraction of sp³-hybridized carbons (Fsp3) is 0.533. The number of aromatic nitrogens is 1. The lowest BCUT2D eigenvalue weighted by Crippen LogP contribution is -2.15. The molecular weight excluding hydrogens is 276 g/mol. The zero-order valence-electron chi connectivity index (χ0n) is 11.5. The number of hydrogen-bond acceptors (Lipinski definition) is 3. The molecule has 0 saturated heterocycles. The molecule has 1 heterocycles. The number of benzene rings is 1. The summed E-state index contributed by atoms with van der Waals surface area (Å²) in [6.07, 6.45) is 3.32. The molecule has 2 nitrogen and oxygen atoms in total. The Bertz CT molecular complexity index is 536. The zero-order valence-corrected chi connectivity index (χ0v) is 13.1. The number of fused-ring (bicyclic) bond motifs is 1. The summed E-state index contributed by atoms with van der Waals surface area (Å²) in [5.41, 5.74) is 6.71. The van der Waals surface area contributed by atoms with Crippen LogP contribution in [-0.2, 0) is 6.42 Å². The van der Waals surface area contributed by atoms with Crippen LogP contribution in [0.4, 0.5) is 0 Å². The number of hydrogen-bond donors (Lipinski definition) is 1. The highest BCUT2D eigenvalue weighted by Crippen LogP contribution is 2.28. The maximum Gasteiger partial charge on any atom is 0.0938 e. The Hall–Kier alpha value is -0.640. The number of halogens is 1. The highest BCUT2D eigenvalue weighted by atomic mass is 35.5. The Kier molecular flexibility index (Phi) is 5.20. The van der Waals surface area contributed by atoms with Gasteiger partial charge < -0.3 is 5.73 Å². The smallest absolute Gasteiger partial charge is 0.0938 e. The van der Waals surface area contributed by atoms with Gasteiger partial charge in [-0.15, -0.1) is 11.3 Å². The van der Waals surface area contributed by atoms with Gasteiger partial charge in [-0.05, 0) is 55.8 Å². The Morgan fingerprint density at radius 2 is 2.11 bits per heavy atom. The second-order valence-electron chi connectivity index (χ2n) is 5.34.